The van der Waals surface area contributed by atoms with E-state index in [0.717, 1.165) is 6.42 Å². The third kappa shape index (κ3) is 10.8. The molecule has 88 valence electrons. The van der Waals surface area contributed by atoms with E-state index in [9.17, 15) is 9.59 Å². The van der Waals surface area contributed by atoms with E-state index in [4.69, 9.17) is 10.5 Å². The molecule has 2 amide bonds. The molecule has 0 aromatic heterocycles. The van der Waals surface area contributed by atoms with Gasteiger partial charge in [-0.2, -0.15) is 0 Å². The number of carbonyl (C=O) groups is 2. The number of nitrogens with two attached hydrogens (primary N) is 1. The number of ether oxygens (including phenoxy) is 1. The standard InChI is InChI=1S/C10H20N2O3/c1-8(2)15-7-10(14)12-6-4-3-5-9(11)13/h8H,3-7H2,1-2H3,(H2,11,13)(H,12,14). The summed E-state index contributed by atoms with van der Waals surface area (Å²) in [6, 6.07) is 0. The minimum Gasteiger partial charge on any atom is -0.370 e. The van der Waals surface area contributed by atoms with Gasteiger partial charge in [0.05, 0.1) is 6.10 Å². The molecule has 0 atom stereocenters. The summed E-state index contributed by atoms with van der Waals surface area (Å²) in [4.78, 5) is 21.5. The highest BCUT2D eigenvalue weighted by molar-refractivity contribution is 5.77. The van der Waals surface area contributed by atoms with Crippen molar-refractivity contribution in [3.05, 3.63) is 0 Å². The minimum atomic E-state index is -0.301. The number of nitrogens with one attached hydrogen (secondary N) is 1. The van der Waals surface area contributed by atoms with Crippen molar-refractivity contribution in [3.63, 3.8) is 0 Å². The zero-order valence-corrected chi connectivity index (χ0v) is 9.41. The highest BCUT2D eigenvalue weighted by Gasteiger charge is 2.02. The molecule has 0 aliphatic carbocycles. The van der Waals surface area contributed by atoms with E-state index in [1.165, 1.54) is 0 Å². The van der Waals surface area contributed by atoms with Gasteiger partial charge in [-0.3, -0.25) is 9.59 Å². The van der Waals surface area contributed by atoms with E-state index in [0.29, 0.717) is 19.4 Å². The van der Waals surface area contributed by atoms with Crippen molar-refractivity contribution in [3.8, 4) is 0 Å². The Morgan fingerprint density at radius 3 is 2.53 bits per heavy atom. The monoisotopic (exact) mass is 216 g/mol. The van der Waals surface area contributed by atoms with Crippen LogP contribution in [0.3, 0.4) is 0 Å². The normalized spacial score (nSPS) is 10.3. The lowest BCUT2D eigenvalue weighted by Crippen LogP contribution is -2.29. The smallest absolute Gasteiger partial charge is 0.246 e. The van der Waals surface area contributed by atoms with Crippen LogP contribution in [0.2, 0.25) is 0 Å². The van der Waals surface area contributed by atoms with E-state index in [2.05, 4.69) is 5.32 Å². The van der Waals surface area contributed by atoms with E-state index in [1.54, 1.807) is 0 Å². The Labute approximate surface area is 90.4 Å². The van der Waals surface area contributed by atoms with Crippen LogP contribution in [0.4, 0.5) is 0 Å². The molecule has 0 unspecified atom stereocenters. The molecule has 3 N–H and O–H groups in total. The van der Waals surface area contributed by atoms with Crippen LogP contribution in [0.15, 0.2) is 0 Å². The van der Waals surface area contributed by atoms with Crippen molar-refractivity contribution in [1.82, 2.24) is 5.32 Å². The molecule has 0 aliphatic rings. The lowest BCUT2D eigenvalue weighted by molar-refractivity contribution is -0.127. The van der Waals surface area contributed by atoms with Crippen LogP contribution >= 0.6 is 0 Å². The molecule has 0 saturated heterocycles. The van der Waals surface area contributed by atoms with E-state index in [-0.39, 0.29) is 24.5 Å². The Morgan fingerprint density at radius 2 is 2.00 bits per heavy atom. The van der Waals surface area contributed by atoms with Crippen LogP contribution in [0.1, 0.15) is 33.1 Å². The summed E-state index contributed by atoms with van der Waals surface area (Å²) >= 11 is 0. The minimum absolute atomic E-state index is 0.0608. The van der Waals surface area contributed by atoms with Crippen LogP contribution in [-0.2, 0) is 14.3 Å². The number of rotatable bonds is 8. The highest BCUT2D eigenvalue weighted by atomic mass is 16.5. The second-order valence-corrected chi connectivity index (χ2v) is 3.63. The fraction of sp³-hybridized carbons (Fsp3) is 0.800. The second kappa shape index (κ2) is 8.23. The number of primary amides is 1. The molecule has 0 bridgehead atoms. The lowest BCUT2D eigenvalue weighted by atomic mass is 10.2. The number of hydrogen-bond donors (Lipinski definition) is 2. The quantitative estimate of drug-likeness (QED) is 0.568. The fourth-order valence-corrected chi connectivity index (χ4v) is 0.945. The van der Waals surface area contributed by atoms with Gasteiger partial charge in [-0.1, -0.05) is 0 Å². The average molecular weight is 216 g/mol. The molecule has 5 nitrogen and oxygen atoms in total. The molecule has 5 heteroatoms. The first-order valence-electron chi connectivity index (χ1n) is 5.19. The van der Waals surface area contributed by atoms with Crippen LogP contribution in [-0.4, -0.2) is 31.1 Å². The topological polar surface area (TPSA) is 81.4 Å². The van der Waals surface area contributed by atoms with Crippen molar-refractivity contribution in [2.24, 2.45) is 5.73 Å². The van der Waals surface area contributed by atoms with Crippen molar-refractivity contribution >= 4 is 11.8 Å². The van der Waals surface area contributed by atoms with Gasteiger partial charge in [0.15, 0.2) is 0 Å². The fourth-order valence-electron chi connectivity index (χ4n) is 0.945. The second-order valence-electron chi connectivity index (χ2n) is 3.63. The SMILES string of the molecule is CC(C)OCC(=O)NCCCCC(N)=O. The molecule has 0 fully saturated rings. The number of hydrogen-bond acceptors (Lipinski definition) is 3. The van der Waals surface area contributed by atoms with Gasteiger partial charge in [-0.25, -0.2) is 0 Å². The highest BCUT2D eigenvalue weighted by Crippen LogP contribution is 1.92. The van der Waals surface area contributed by atoms with E-state index in [1.807, 2.05) is 13.8 Å². The van der Waals surface area contributed by atoms with Crippen molar-refractivity contribution < 1.29 is 14.3 Å². The van der Waals surface area contributed by atoms with Crippen LogP contribution in [0, 0.1) is 0 Å². The van der Waals surface area contributed by atoms with E-state index < -0.39 is 0 Å². The van der Waals surface area contributed by atoms with Gasteiger partial charge in [0.25, 0.3) is 0 Å². The first-order chi connectivity index (χ1) is 7.02. The third-order valence-electron chi connectivity index (χ3n) is 1.72. The maximum Gasteiger partial charge on any atom is 0.246 e. The van der Waals surface area contributed by atoms with Gasteiger partial charge >= 0.3 is 0 Å². The first-order valence-corrected chi connectivity index (χ1v) is 5.19. The first kappa shape index (κ1) is 13.9. The third-order valence-corrected chi connectivity index (χ3v) is 1.72. The van der Waals surface area contributed by atoms with Gasteiger partial charge in [-0.05, 0) is 26.7 Å². The van der Waals surface area contributed by atoms with Gasteiger partial charge in [0, 0.05) is 13.0 Å². The predicted octanol–water partition coefficient (Wildman–Crippen LogP) is 0.183. The van der Waals surface area contributed by atoms with Crippen molar-refractivity contribution in [1.29, 1.82) is 0 Å². The van der Waals surface area contributed by atoms with Gasteiger partial charge in [0.2, 0.25) is 11.8 Å². The number of amides is 2. The maximum absolute atomic E-state index is 11.1. The summed E-state index contributed by atoms with van der Waals surface area (Å²) in [5.41, 5.74) is 4.97. The Kier molecular flexibility index (Phi) is 7.62. The molecule has 0 saturated carbocycles. The summed E-state index contributed by atoms with van der Waals surface area (Å²) in [5.74, 6) is -0.424. The zero-order valence-electron chi connectivity index (χ0n) is 9.41. The molecular formula is C10H20N2O3. The van der Waals surface area contributed by atoms with Crippen LogP contribution in [0.5, 0.6) is 0 Å². The molecule has 0 radical (unpaired) electrons. The number of unbranched alkanes of at least 4 members (excludes halogenated alkanes) is 1. The van der Waals surface area contributed by atoms with Crippen molar-refractivity contribution in [2.75, 3.05) is 13.2 Å². The van der Waals surface area contributed by atoms with E-state index >= 15 is 0 Å². The molecule has 0 aromatic carbocycles. The maximum atomic E-state index is 11.1. The summed E-state index contributed by atoms with van der Waals surface area (Å²) < 4.78 is 5.11. The molecule has 0 spiro atoms. The Balaban J connectivity index is 3.28. The molecule has 0 rings (SSSR count). The summed E-state index contributed by atoms with van der Waals surface area (Å²) in [5, 5.41) is 2.70. The molecule has 15 heavy (non-hydrogen) atoms. The van der Waals surface area contributed by atoms with Crippen LogP contribution in [0.25, 0.3) is 0 Å². The Bertz CT molecular complexity index is 205. The van der Waals surface area contributed by atoms with Gasteiger partial charge in [0.1, 0.15) is 6.61 Å². The summed E-state index contributed by atoms with van der Waals surface area (Å²) in [7, 11) is 0. The summed E-state index contributed by atoms with van der Waals surface area (Å²) in [6.45, 7) is 4.40. The molecular weight excluding hydrogens is 196 g/mol. The molecule has 0 heterocycles. The van der Waals surface area contributed by atoms with Gasteiger partial charge in [-0.15, -0.1) is 0 Å². The predicted molar refractivity (Wildman–Crippen MR) is 57.1 cm³/mol. The zero-order chi connectivity index (χ0) is 11.7. The average Bonchev–Trinajstić information content (AvgIpc) is 2.13. The van der Waals surface area contributed by atoms with Crippen LogP contribution < -0.4 is 11.1 Å². The summed E-state index contributed by atoms with van der Waals surface area (Å²) in [6.07, 6.45) is 1.90. The molecule has 0 aliphatic heterocycles. The largest absolute Gasteiger partial charge is 0.370 e. The Morgan fingerprint density at radius 1 is 1.33 bits per heavy atom. The molecule has 0 aromatic rings. The van der Waals surface area contributed by atoms with Crippen molar-refractivity contribution in [2.45, 2.75) is 39.2 Å². The lowest BCUT2D eigenvalue weighted by Gasteiger charge is -2.07. The number of carbonyl (C=O) groups excluding carboxylic acids is 2. The van der Waals surface area contributed by atoms with Gasteiger partial charge < -0.3 is 15.8 Å². The Hall–Kier alpha value is -1.10.